The van der Waals surface area contributed by atoms with Crippen molar-refractivity contribution in [3.05, 3.63) is 70.4 Å². The predicted octanol–water partition coefficient (Wildman–Crippen LogP) is 4.02. The van der Waals surface area contributed by atoms with Gasteiger partial charge in [0.2, 0.25) is 0 Å². The summed E-state index contributed by atoms with van der Waals surface area (Å²) in [5.41, 5.74) is 2.94. The molecule has 0 aliphatic carbocycles. The third-order valence-corrected chi connectivity index (χ3v) is 5.48. The molecule has 0 unspecified atom stereocenters. The SMILES string of the molecule is CCOc1ccc(/C=C2\C(=O)N(CCc3ccc(OC)c(OC)c3)C(C)=C2C(=O)OC)cc1. The molecule has 0 saturated heterocycles. The highest BCUT2D eigenvalue weighted by Crippen LogP contribution is 2.33. The fraction of sp³-hybridized carbons (Fsp3) is 0.308. The number of hydrogen-bond acceptors (Lipinski definition) is 6. The van der Waals surface area contributed by atoms with Crippen molar-refractivity contribution >= 4 is 18.0 Å². The van der Waals surface area contributed by atoms with Crippen molar-refractivity contribution in [2.24, 2.45) is 0 Å². The van der Waals surface area contributed by atoms with Gasteiger partial charge in [-0.2, -0.15) is 0 Å². The highest BCUT2D eigenvalue weighted by atomic mass is 16.5. The van der Waals surface area contributed by atoms with Crippen LogP contribution in [0.5, 0.6) is 17.2 Å². The van der Waals surface area contributed by atoms with E-state index >= 15 is 0 Å². The summed E-state index contributed by atoms with van der Waals surface area (Å²) in [6.07, 6.45) is 2.29. The van der Waals surface area contributed by atoms with Crippen LogP contribution in [0.25, 0.3) is 6.08 Å². The summed E-state index contributed by atoms with van der Waals surface area (Å²) in [7, 11) is 4.48. The fourth-order valence-corrected chi connectivity index (χ4v) is 3.77. The topological polar surface area (TPSA) is 74.3 Å². The summed E-state index contributed by atoms with van der Waals surface area (Å²) < 4.78 is 21.1. The lowest BCUT2D eigenvalue weighted by molar-refractivity contribution is -0.136. The molecule has 0 saturated carbocycles. The highest BCUT2D eigenvalue weighted by Gasteiger charge is 2.36. The second-order valence-corrected chi connectivity index (χ2v) is 7.41. The molecular formula is C26H29NO6. The standard InChI is InChI=1S/C26H29NO6/c1-6-33-20-10-7-18(8-11-20)15-21-24(26(29)32-5)17(2)27(25(21)28)14-13-19-9-12-22(30-3)23(16-19)31-4/h7-12,15-16H,6,13-14H2,1-5H3/b21-15-. The van der Waals surface area contributed by atoms with Crippen molar-refractivity contribution in [3.63, 3.8) is 0 Å². The Hall–Kier alpha value is -3.74. The molecule has 7 heteroatoms. The molecule has 1 aliphatic rings. The quantitative estimate of drug-likeness (QED) is 0.424. The number of rotatable bonds is 9. The Labute approximate surface area is 194 Å². The average Bonchev–Trinajstić information content (AvgIpc) is 3.07. The Balaban J connectivity index is 1.87. The minimum Gasteiger partial charge on any atom is -0.494 e. The van der Waals surface area contributed by atoms with Crippen LogP contribution in [0.4, 0.5) is 0 Å². The van der Waals surface area contributed by atoms with Crippen molar-refractivity contribution in [1.29, 1.82) is 0 Å². The summed E-state index contributed by atoms with van der Waals surface area (Å²) in [6.45, 7) is 4.65. The number of carbonyl (C=O) groups is 2. The van der Waals surface area contributed by atoms with E-state index in [1.807, 2.05) is 49.4 Å². The number of benzene rings is 2. The van der Waals surface area contributed by atoms with E-state index in [1.165, 1.54) is 7.11 Å². The summed E-state index contributed by atoms with van der Waals surface area (Å²) in [5.74, 6) is 1.24. The molecule has 0 bridgehead atoms. The molecule has 2 aromatic carbocycles. The van der Waals surface area contributed by atoms with Crippen LogP contribution in [-0.2, 0) is 20.7 Å². The van der Waals surface area contributed by atoms with Gasteiger partial charge in [-0.15, -0.1) is 0 Å². The minimum atomic E-state index is -0.536. The first-order chi connectivity index (χ1) is 15.9. The molecule has 0 atom stereocenters. The van der Waals surface area contributed by atoms with Crippen molar-refractivity contribution in [1.82, 2.24) is 4.90 Å². The molecular weight excluding hydrogens is 422 g/mol. The monoisotopic (exact) mass is 451 g/mol. The van der Waals surface area contributed by atoms with Gasteiger partial charge in [0.1, 0.15) is 5.75 Å². The maximum atomic E-state index is 13.3. The van der Waals surface area contributed by atoms with Crippen molar-refractivity contribution in [3.8, 4) is 17.2 Å². The number of carbonyl (C=O) groups excluding carboxylic acids is 2. The van der Waals surface area contributed by atoms with Gasteiger partial charge in [-0.05, 0) is 61.7 Å². The summed E-state index contributed by atoms with van der Waals surface area (Å²) in [4.78, 5) is 27.5. The number of esters is 1. The average molecular weight is 452 g/mol. The van der Waals surface area contributed by atoms with E-state index in [4.69, 9.17) is 18.9 Å². The summed E-state index contributed by atoms with van der Waals surface area (Å²) in [6, 6.07) is 13.0. The zero-order valence-electron chi connectivity index (χ0n) is 19.6. The third-order valence-electron chi connectivity index (χ3n) is 5.48. The maximum Gasteiger partial charge on any atom is 0.340 e. The minimum absolute atomic E-state index is 0.234. The van der Waals surface area contributed by atoms with Gasteiger partial charge < -0.3 is 23.8 Å². The second kappa shape index (κ2) is 10.7. The molecule has 0 aromatic heterocycles. The second-order valence-electron chi connectivity index (χ2n) is 7.41. The smallest absolute Gasteiger partial charge is 0.340 e. The maximum absolute atomic E-state index is 13.3. The lowest BCUT2D eigenvalue weighted by Crippen LogP contribution is -2.27. The molecule has 1 heterocycles. The van der Waals surface area contributed by atoms with Crippen LogP contribution in [0, 0.1) is 0 Å². The van der Waals surface area contributed by atoms with Gasteiger partial charge in [0.25, 0.3) is 5.91 Å². The van der Waals surface area contributed by atoms with Gasteiger partial charge in [-0.25, -0.2) is 4.79 Å². The molecule has 0 N–H and O–H groups in total. The van der Waals surface area contributed by atoms with Crippen LogP contribution in [0.15, 0.2) is 59.3 Å². The number of nitrogens with zero attached hydrogens (tertiary/aromatic N) is 1. The predicted molar refractivity (Wildman–Crippen MR) is 125 cm³/mol. The molecule has 33 heavy (non-hydrogen) atoms. The van der Waals surface area contributed by atoms with Crippen LogP contribution in [0.2, 0.25) is 0 Å². The zero-order chi connectivity index (χ0) is 24.0. The van der Waals surface area contributed by atoms with Gasteiger partial charge in [0.05, 0.1) is 39.1 Å². The number of ether oxygens (including phenoxy) is 4. The Bertz CT molecular complexity index is 1080. The van der Waals surface area contributed by atoms with E-state index in [9.17, 15) is 9.59 Å². The number of allylic oxidation sites excluding steroid dienone is 1. The first-order valence-corrected chi connectivity index (χ1v) is 10.7. The van der Waals surface area contributed by atoms with Gasteiger partial charge in [0.15, 0.2) is 11.5 Å². The van der Waals surface area contributed by atoms with E-state index in [-0.39, 0.29) is 11.5 Å². The third kappa shape index (κ3) is 5.19. The fourth-order valence-electron chi connectivity index (χ4n) is 3.77. The van der Waals surface area contributed by atoms with Crippen LogP contribution in [0.3, 0.4) is 0 Å². The Kier molecular flexibility index (Phi) is 7.77. The van der Waals surface area contributed by atoms with Crippen molar-refractivity contribution in [2.45, 2.75) is 20.3 Å². The molecule has 1 aliphatic heterocycles. The van der Waals surface area contributed by atoms with Crippen LogP contribution in [-0.4, -0.2) is 51.3 Å². The largest absolute Gasteiger partial charge is 0.494 e. The van der Waals surface area contributed by atoms with E-state index in [0.717, 1.165) is 16.9 Å². The molecule has 3 rings (SSSR count). The van der Waals surface area contributed by atoms with Crippen molar-refractivity contribution in [2.75, 3.05) is 34.5 Å². The van der Waals surface area contributed by atoms with Crippen LogP contribution < -0.4 is 14.2 Å². The summed E-state index contributed by atoms with van der Waals surface area (Å²) in [5, 5.41) is 0. The lowest BCUT2D eigenvalue weighted by Gasteiger charge is -2.18. The van der Waals surface area contributed by atoms with Crippen molar-refractivity contribution < 1.29 is 28.5 Å². The van der Waals surface area contributed by atoms with Crippen LogP contribution in [0.1, 0.15) is 25.0 Å². The lowest BCUT2D eigenvalue weighted by atomic mass is 10.0. The number of methoxy groups -OCH3 is 3. The molecule has 7 nitrogen and oxygen atoms in total. The van der Waals surface area contributed by atoms with E-state index < -0.39 is 5.97 Å². The number of amides is 1. The van der Waals surface area contributed by atoms with E-state index in [2.05, 4.69) is 0 Å². The molecule has 2 aromatic rings. The first-order valence-electron chi connectivity index (χ1n) is 10.7. The molecule has 0 spiro atoms. The molecule has 0 fully saturated rings. The molecule has 1 amide bonds. The Morgan fingerprint density at radius 2 is 1.70 bits per heavy atom. The molecule has 174 valence electrons. The highest BCUT2D eigenvalue weighted by molar-refractivity contribution is 6.16. The normalized spacial score (nSPS) is 14.6. The van der Waals surface area contributed by atoms with E-state index in [0.29, 0.717) is 42.3 Å². The summed E-state index contributed by atoms with van der Waals surface area (Å²) >= 11 is 0. The zero-order valence-corrected chi connectivity index (χ0v) is 19.6. The Morgan fingerprint density at radius 1 is 1.00 bits per heavy atom. The Morgan fingerprint density at radius 3 is 2.30 bits per heavy atom. The van der Waals surface area contributed by atoms with Crippen LogP contribution >= 0.6 is 0 Å². The van der Waals surface area contributed by atoms with Gasteiger partial charge >= 0.3 is 5.97 Å². The first kappa shape index (κ1) is 23.9. The van der Waals surface area contributed by atoms with Gasteiger partial charge in [0, 0.05) is 12.2 Å². The van der Waals surface area contributed by atoms with E-state index in [1.54, 1.807) is 32.1 Å². The molecule has 0 radical (unpaired) electrons. The number of hydrogen-bond donors (Lipinski definition) is 0. The van der Waals surface area contributed by atoms with Gasteiger partial charge in [-0.1, -0.05) is 18.2 Å². The van der Waals surface area contributed by atoms with Gasteiger partial charge in [-0.3, -0.25) is 4.79 Å².